The molecule has 1 aromatic carbocycles. The number of carbonyl (C=O) groups excluding carboxylic acids is 1. The number of carbonyl (C=O) groups is 1. The maximum absolute atomic E-state index is 12.0. The predicted molar refractivity (Wildman–Crippen MR) is 84.3 cm³/mol. The molecular formula is C16H14ClN3O2. The van der Waals surface area contributed by atoms with Crippen LogP contribution in [0, 0.1) is 0 Å². The van der Waals surface area contributed by atoms with Crippen molar-refractivity contribution >= 4 is 17.5 Å². The first kappa shape index (κ1) is 14.4. The molecule has 112 valence electrons. The van der Waals surface area contributed by atoms with Crippen LogP contribution in [0.2, 0.25) is 5.02 Å². The van der Waals surface area contributed by atoms with E-state index >= 15 is 0 Å². The fourth-order valence-electron chi connectivity index (χ4n) is 2.15. The number of nitrogens with one attached hydrogen (secondary N) is 1. The van der Waals surface area contributed by atoms with Gasteiger partial charge in [0, 0.05) is 17.6 Å². The van der Waals surface area contributed by atoms with Gasteiger partial charge in [0.1, 0.15) is 5.69 Å². The molecule has 0 fully saturated rings. The van der Waals surface area contributed by atoms with Crippen molar-refractivity contribution in [1.29, 1.82) is 0 Å². The van der Waals surface area contributed by atoms with Gasteiger partial charge in [0.05, 0.1) is 12.0 Å². The molecule has 0 bridgehead atoms. The molecular weight excluding hydrogens is 302 g/mol. The molecule has 5 nitrogen and oxygen atoms in total. The summed E-state index contributed by atoms with van der Waals surface area (Å²) >= 11 is 6.05. The molecule has 0 unspecified atom stereocenters. The maximum Gasteiger partial charge on any atom is 0.271 e. The number of amides is 1. The van der Waals surface area contributed by atoms with Crippen molar-refractivity contribution in [3.05, 3.63) is 59.4 Å². The van der Waals surface area contributed by atoms with E-state index in [0.717, 1.165) is 5.69 Å². The second-order valence-corrected chi connectivity index (χ2v) is 5.08. The average Bonchev–Trinajstić information content (AvgIpc) is 3.17. The van der Waals surface area contributed by atoms with Crippen LogP contribution in [0.1, 0.15) is 17.4 Å². The van der Waals surface area contributed by atoms with E-state index < -0.39 is 0 Å². The quantitative estimate of drug-likeness (QED) is 0.801. The molecule has 3 aromatic rings. The van der Waals surface area contributed by atoms with E-state index in [1.165, 1.54) is 0 Å². The van der Waals surface area contributed by atoms with Crippen molar-refractivity contribution in [2.75, 3.05) is 6.54 Å². The third-order valence-electron chi connectivity index (χ3n) is 3.11. The number of hydrogen-bond donors (Lipinski definition) is 1. The van der Waals surface area contributed by atoms with E-state index in [1.54, 1.807) is 35.2 Å². The fraction of sp³-hybridized carbons (Fsp3) is 0.125. The van der Waals surface area contributed by atoms with Crippen LogP contribution in [-0.2, 0) is 0 Å². The number of nitrogens with zero attached hydrogens (tertiary/aromatic N) is 2. The van der Waals surface area contributed by atoms with E-state index in [1.807, 2.05) is 25.1 Å². The number of hydrogen-bond acceptors (Lipinski definition) is 3. The van der Waals surface area contributed by atoms with Crippen LogP contribution in [0.5, 0.6) is 0 Å². The number of halogens is 1. The highest BCUT2D eigenvalue weighted by molar-refractivity contribution is 6.30. The van der Waals surface area contributed by atoms with Gasteiger partial charge in [0.15, 0.2) is 11.5 Å². The smallest absolute Gasteiger partial charge is 0.271 e. The molecule has 0 saturated heterocycles. The van der Waals surface area contributed by atoms with Crippen LogP contribution < -0.4 is 5.32 Å². The molecule has 0 atom stereocenters. The second kappa shape index (κ2) is 6.07. The summed E-state index contributed by atoms with van der Waals surface area (Å²) in [6.07, 6.45) is 1.58. The summed E-state index contributed by atoms with van der Waals surface area (Å²) in [5.74, 6) is 0.402. The third kappa shape index (κ3) is 2.76. The SMILES string of the molecule is CCNC(=O)c1cc(-c2ccco2)n(-c2cccc(Cl)c2)n1. The zero-order valence-corrected chi connectivity index (χ0v) is 12.7. The van der Waals surface area contributed by atoms with Gasteiger partial charge in [-0.25, -0.2) is 4.68 Å². The molecule has 3 rings (SSSR count). The number of benzene rings is 1. The molecule has 0 aliphatic heterocycles. The minimum absolute atomic E-state index is 0.226. The minimum Gasteiger partial charge on any atom is -0.463 e. The summed E-state index contributed by atoms with van der Waals surface area (Å²) < 4.78 is 7.09. The largest absolute Gasteiger partial charge is 0.463 e. The van der Waals surface area contributed by atoms with Crippen LogP contribution in [0.4, 0.5) is 0 Å². The van der Waals surface area contributed by atoms with Crippen LogP contribution in [0.25, 0.3) is 17.1 Å². The summed E-state index contributed by atoms with van der Waals surface area (Å²) in [6.45, 7) is 2.40. The lowest BCUT2D eigenvalue weighted by Gasteiger charge is -2.05. The number of aromatic nitrogens is 2. The van der Waals surface area contributed by atoms with Gasteiger partial charge in [-0.15, -0.1) is 0 Å². The summed E-state index contributed by atoms with van der Waals surface area (Å²) in [6, 6.07) is 12.6. The first-order valence-corrected chi connectivity index (χ1v) is 7.25. The van der Waals surface area contributed by atoms with Crippen molar-refractivity contribution in [2.45, 2.75) is 6.92 Å². The molecule has 2 heterocycles. The van der Waals surface area contributed by atoms with Gasteiger partial charge in [0.25, 0.3) is 5.91 Å². The van der Waals surface area contributed by atoms with Crippen molar-refractivity contribution in [3.8, 4) is 17.1 Å². The Labute approximate surface area is 132 Å². The molecule has 0 radical (unpaired) electrons. The lowest BCUT2D eigenvalue weighted by atomic mass is 10.2. The Kier molecular flexibility index (Phi) is 3.98. The summed E-state index contributed by atoms with van der Waals surface area (Å²) in [7, 11) is 0. The predicted octanol–water partition coefficient (Wildman–Crippen LogP) is 3.54. The number of furan rings is 1. The van der Waals surface area contributed by atoms with Gasteiger partial charge >= 0.3 is 0 Å². The fourth-order valence-corrected chi connectivity index (χ4v) is 2.33. The summed E-state index contributed by atoms with van der Waals surface area (Å²) in [5.41, 5.74) is 1.77. The molecule has 0 spiro atoms. The van der Waals surface area contributed by atoms with Crippen LogP contribution in [0.15, 0.2) is 53.1 Å². The normalized spacial score (nSPS) is 10.6. The number of rotatable bonds is 4. The van der Waals surface area contributed by atoms with Crippen LogP contribution >= 0.6 is 11.6 Å². The van der Waals surface area contributed by atoms with E-state index in [0.29, 0.717) is 28.7 Å². The third-order valence-corrected chi connectivity index (χ3v) is 3.34. The minimum atomic E-state index is -0.226. The highest BCUT2D eigenvalue weighted by Crippen LogP contribution is 2.25. The highest BCUT2D eigenvalue weighted by Gasteiger charge is 2.17. The molecule has 0 aliphatic carbocycles. The monoisotopic (exact) mass is 315 g/mol. The zero-order chi connectivity index (χ0) is 15.5. The second-order valence-electron chi connectivity index (χ2n) is 4.64. The molecule has 22 heavy (non-hydrogen) atoms. The van der Waals surface area contributed by atoms with Crippen LogP contribution in [-0.4, -0.2) is 22.2 Å². The Bertz CT molecular complexity index is 794. The Hall–Kier alpha value is -2.53. The van der Waals surface area contributed by atoms with Gasteiger partial charge in [-0.2, -0.15) is 5.10 Å². The first-order valence-electron chi connectivity index (χ1n) is 6.87. The molecule has 0 saturated carbocycles. The summed E-state index contributed by atoms with van der Waals surface area (Å²) in [4.78, 5) is 12.0. The van der Waals surface area contributed by atoms with E-state index in [2.05, 4.69) is 10.4 Å². The standard InChI is InChI=1S/C16H14ClN3O2/c1-2-18-16(21)13-10-14(15-7-4-8-22-15)20(19-13)12-6-3-5-11(17)9-12/h3-10H,2H2,1H3,(H,18,21). The van der Waals surface area contributed by atoms with Crippen molar-refractivity contribution < 1.29 is 9.21 Å². The Morgan fingerprint density at radius 2 is 2.18 bits per heavy atom. The van der Waals surface area contributed by atoms with Crippen LogP contribution in [0.3, 0.4) is 0 Å². The Morgan fingerprint density at radius 3 is 2.86 bits per heavy atom. The van der Waals surface area contributed by atoms with Gasteiger partial charge in [-0.05, 0) is 37.3 Å². The Morgan fingerprint density at radius 1 is 1.32 bits per heavy atom. The average molecular weight is 316 g/mol. The van der Waals surface area contributed by atoms with Gasteiger partial charge < -0.3 is 9.73 Å². The lowest BCUT2D eigenvalue weighted by molar-refractivity contribution is 0.0950. The maximum atomic E-state index is 12.0. The van der Waals surface area contributed by atoms with Gasteiger partial charge in [-0.1, -0.05) is 17.7 Å². The molecule has 6 heteroatoms. The molecule has 1 amide bonds. The zero-order valence-electron chi connectivity index (χ0n) is 11.9. The lowest BCUT2D eigenvalue weighted by Crippen LogP contribution is -2.23. The van der Waals surface area contributed by atoms with E-state index in [9.17, 15) is 4.79 Å². The van der Waals surface area contributed by atoms with Crippen molar-refractivity contribution in [2.24, 2.45) is 0 Å². The molecule has 2 aromatic heterocycles. The first-order chi connectivity index (χ1) is 10.7. The topological polar surface area (TPSA) is 60.1 Å². The van der Waals surface area contributed by atoms with Crippen molar-refractivity contribution in [1.82, 2.24) is 15.1 Å². The molecule has 0 aliphatic rings. The van der Waals surface area contributed by atoms with Crippen molar-refractivity contribution in [3.63, 3.8) is 0 Å². The molecule has 1 N–H and O–H groups in total. The highest BCUT2D eigenvalue weighted by atomic mass is 35.5. The summed E-state index contributed by atoms with van der Waals surface area (Å²) in [5, 5.41) is 7.72. The van der Waals surface area contributed by atoms with Gasteiger partial charge in [0.2, 0.25) is 0 Å². The van der Waals surface area contributed by atoms with E-state index in [4.69, 9.17) is 16.0 Å². The Balaban J connectivity index is 2.13. The van der Waals surface area contributed by atoms with E-state index in [-0.39, 0.29) is 5.91 Å². The van der Waals surface area contributed by atoms with Gasteiger partial charge in [-0.3, -0.25) is 4.79 Å².